The van der Waals surface area contributed by atoms with Crippen molar-refractivity contribution in [2.75, 3.05) is 31.2 Å². The van der Waals surface area contributed by atoms with E-state index in [1.165, 1.54) is 5.69 Å². The van der Waals surface area contributed by atoms with E-state index in [0.29, 0.717) is 5.56 Å². The molecule has 0 atom stereocenters. The number of carbonyl (C=O) groups excluding carboxylic acids is 1. The van der Waals surface area contributed by atoms with Crippen molar-refractivity contribution in [1.29, 1.82) is 0 Å². The fraction of sp³-hybridized carbons (Fsp3) is 0.308. The Morgan fingerprint density at radius 2 is 2.12 bits per heavy atom. The van der Waals surface area contributed by atoms with Crippen LogP contribution in [-0.2, 0) is 4.74 Å². The number of ether oxygens (including phenoxy) is 1. The van der Waals surface area contributed by atoms with Crippen molar-refractivity contribution in [3.63, 3.8) is 0 Å². The molecule has 2 heterocycles. The molecule has 3 rings (SSSR count). The van der Waals surface area contributed by atoms with Gasteiger partial charge in [-0.3, -0.25) is 4.79 Å². The predicted octanol–water partition coefficient (Wildman–Crippen LogP) is 1.82. The van der Waals surface area contributed by atoms with Gasteiger partial charge in [0.25, 0.3) is 0 Å². The average molecular weight is 230 g/mol. The average Bonchev–Trinajstić information content (AvgIpc) is 2.81. The van der Waals surface area contributed by atoms with Crippen LogP contribution in [0.1, 0.15) is 10.4 Å². The van der Waals surface area contributed by atoms with Gasteiger partial charge >= 0.3 is 0 Å². The maximum absolute atomic E-state index is 10.8. The first kappa shape index (κ1) is 10.4. The van der Waals surface area contributed by atoms with E-state index in [2.05, 4.69) is 22.0 Å². The van der Waals surface area contributed by atoms with Gasteiger partial charge < -0.3 is 14.6 Å². The number of aldehydes is 1. The number of aromatic nitrogens is 1. The SMILES string of the molecule is O=Cc1c[nH]c2cc(N3CCOCC3)ccc12. The number of carbonyl (C=O) groups is 1. The molecule has 0 amide bonds. The van der Waals surface area contributed by atoms with E-state index >= 15 is 0 Å². The lowest BCUT2D eigenvalue weighted by Gasteiger charge is -2.28. The normalized spacial score (nSPS) is 16.4. The number of aromatic amines is 1. The second kappa shape index (κ2) is 4.22. The standard InChI is InChI=1S/C13H14N2O2/c16-9-10-8-14-13-7-11(1-2-12(10)13)15-3-5-17-6-4-15/h1-2,7-9,14H,3-6H2. The topological polar surface area (TPSA) is 45.3 Å². The molecule has 0 saturated carbocycles. The van der Waals surface area contributed by atoms with Crippen molar-refractivity contribution in [1.82, 2.24) is 4.98 Å². The summed E-state index contributed by atoms with van der Waals surface area (Å²) in [5.41, 5.74) is 2.91. The molecule has 4 heteroatoms. The van der Waals surface area contributed by atoms with Crippen LogP contribution in [0.15, 0.2) is 24.4 Å². The van der Waals surface area contributed by atoms with Gasteiger partial charge in [0.2, 0.25) is 0 Å². The fourth-order valence-electron chi connectivity index (χ4n) is 2.25. The molecule has 2 aromatic rings. The Kier molecular flexibility index (Phi) is 2.57. The Hall–Kier alpha value is -1.81. The predicted molar refractivity (Wildman–Crippen MR) is 66.7 cm³/mol. The largest absolute Gasteiger partial charge is 0.378 e. The summed E-state index contributed by atoms with van der Waals surface area (Å²) in [7, 11) is 0. The highest BCUT2D eigenvalue weighted by molar-refractivity contribution is 5.98. The van der Waals surface area contributed by atoms with Gasteiger partial charge in [-0.25, -0.2) is 0 Å². The molecule has 1 aliphatic heterocycles. The van der Waals surface area contributed by atoms with Gasteiger partial charge in [-0.15, -0.1) is 0 Å². The number of nitrogens with zero attached hydrogens (tertiary/aromatic N) is 1. The van der Waals surface area contributed by atoms with Crippen LogP contribution < -0.4 is 4.90 Å². The number of hydrogen-bond donors (Lipinski definition) is 1. The Bertz CT molecular complexity index is 541. The molecule has 1 fully saturated rings. The summed E-state index contributed by atoms with van der Waals surface area (Å²) < 4.78 is 5.33. The number of hydrogen-bond acceptors (Lipinski definition) is 3. The number of fused-ring (bicyclic) bond motifs is 1. The number of morpholine rings is 1. The molecule has 1 aromatic heterocycles. The smallest absolute Gasteiger partial charge is 0.152 e. The highest BCUT2D eigenvalue weighted by atomic mass is 16.5. The lowest BCUT2D eigenvalue weighted by Crippen LogP contribution is -2.36. The summed E-state index contributed by atoms with van der Waals surface area (Å²) in [5, 5.41) is 0.983. The van der Waals surface area contributed by atoms with Crippen molar-refractivity contribution < 1.29 is 9.53 Å². The molecule has 1 N–H and O–H groups in total. The third-order valence-electron chi connectivity index (χ3n) is 3.20. The van der Waals surface area contributed by atoms with E-state index in [9.17, 15) is 4.79 Å². The highest BCUT2D eigenvalue weighted by Gasteiger charge is 2.12. The van der Waals surface area contributed by atoms with Gasteiger partial charge in [0.15, 0.2) is 6.29 Å². The Balaban J connectivity index is 1.98. The zero-order chi connectivity index (χ0) is 11.7. The van der Waals surface area contributed by atoms with E-state index in [-0.39, 0.29) is 0 Å². The summed E-state index contributed by atoms with van der Waals surface area (Å²) in [6.45, 7) is 3.41. The van der Waals surface area contributed by atoms with Gasteiger partial charge in [-0.1, -0.05) is 6.07 Å². The fourth-order valence-corrected chi connectivity index (χ4v) is 2.25. The van der Waals surface area contributed by atoms with E-state index in [0.717, 1.165) is 43.5 Å². The van der Waals surface area contributed by atoms with Gasteiger partial charge in [-0.2, -0.15) is 0 Å². The van der Waals surface area contributed by atoms with Gasteiger partial charge in [0.1, 0.15) is 0 Å². The highest BCUT2D eigenvalue weighted by Crippen LogP contribution is 2.24. The Morgan fingerprint density at radius 1 is 1.29 bits per heavy atom. The molecule has 0 unspecified atom stereocenters. The molecule has 0 radical (unpaired) electrons. The third kappa shape index (κ3) is 1.80. The minimum atomic E-state index is 0.716. The van der Waals surface area contributed by atoms with Crippen molar-refractivity contribution in [3.8, 4) is 0 Å². The van der Waals surface area contributed by atoms with Crippen LogP contribution >= 0.6 is 0 Å². The Labute approximate surface area is 99.2 Å². The number of benzene rings is 1. The van der Waals surface area contributed by atoms with Crippen LogP contribution in [0.5, 0.6) is 0 Å². The lowest BCUT2D eigenvalue weighted by atomic mass is 10.1. The minimum absolute atomic E-state index is 0.716. The van der Waals surface area contributed by atoms with Gasteiger partial charge in [-0.05, 0) is 12.1 Å². The number of H-pyrrole nitrogens is 1. The quantitative estimate of drug-likeness (QED) is 0.800. The van der Waals surface area contributed by atoms with Crippen LogP contribution in [0, 0.1) is 0 Å². The van der Waals surface area contributed by atoms with Crippen LogP contribution in [0.4, 0.5) is 5.69 Å². The molecule has 1 saturated heterocycles. The van der Waals surface area contributed by atoms with Crippen LogP contribution in [0.25, 0.3) is 10.9 Å². The van der Waals surface area contributed by atoms with Crippen molar-refractivity contribution in [3.05, 3.63) is 30.0 Å². The molecule has 4 nitrogen and oxygen atoms in total. The summed E-state index contributed by atoms with van der Waals surface area (Å²) in [6.07, 6.45) is 2.63. The molecule has 88 valence electrons. The molecule has 1 aromatic carbocycles. The summed E-state index contributed by atoms with van der Waals surface area (Å²) in [4.78, 5) is 16.2. The van der Waals surface area contributed by atoms with Crippen LogP contribution in [-0.4, -0.2) is 37.6 Å². The van der Waals surface area contributed by atoms with Crippen LogP contribution in [0.2, 0.25) is 0 Å². The molecular weight excluding hydrogens is 216 g/mol. The first-order valence-corrected chi connectivity index (χ1v) is 5.77. The molecule has 0 aliphatic carbocycles. The van der Waals surface area contributed by atoms with E-state index < -0.39 is 0 Å². The monoisotopic (exact) mass is 230 g/mol. The number of anilines is 1. The van der Waals surface area contributed by atoms with E-state index in [1.54, 1.807) is 6.20 Å². The first-order valence-electron chi connectivity index (χ1n) is 5.77. The van der Waals surface area contributed by atoms with Crippen LogP contribution in [0.3, 0.4) is 0 Å². The summed E-state index contributed by atoms with van der Waals surface area (Å²) in [5.74, 6) is 0. The van der Waals surface area contributed by atoms with Crippen molar-refractivity contribution >= 4 is 22.9 Å². The second-order valence-electron chi connectivity index (χ2n) is 4.19. The molecule has 1 aliphatic rings. The van der Waals surface area contributed by atoms with Gasteiger partial charge in [0, 0.05) is 41.4 Å². The van der Waals surface area contributed by atoms with Crippen molar-refractivity contribution in [2.45, 2.75) is 0 Å². The lowest BCUT2D eigenvalue weighted by molar-refractivity contribution is 0.112. The van der Waals surface area contributed by atoms with E-state index in [1.807, 2.05) is 6.07 Å². The molecule has 0 spiro atoms. The minimum Gasteiger partial charge on any atom is -0.378 e. The Morgan fingerprint density at radius 3 is 2.88 bits per heavy atom. The molecular formula is C13H14N2O2. The maximum atomic E-state index is 10.8. The van der Waals surface area contributed by atoms with E-state index in [4.69, 9.17) is 4.74 Å². The molecule has 17 heavy (non-hydrogen) atoms. The first-order chi connectivity index (χ1) is 8.38. The third-order valence-corrected chi connectivity index (χ3v) is 3.20. The summed E-state index contributed by atoms with van der Waals surface area (Å²) in [6, 6.07) is 6.16. The zero-order valence-corrected chi connectivity index (χ0v) is 9.48. The van der Waals surface area contributed by atoms with Gasteiger partial charge in [0.05, 0.1) is 13.2 Å². The summed E-state index contributed by atoms with van der Waals surface area (Å²) >= 11 is 0. The van der Waals surface area contributed by atoms with Crippen molar-refractivity contribution in [2.24, 2.45) is 0 Å². The maximum Gasteiger partial charge on any atom is 0.152 e. The number of nitrogens with one attached hydrogen (secondary N) is 1. The molecule has 0 bridgehead atoms. The number of rotatable bonds is 2. The second-order valence-corrected chi connectivity index (χ2v) is 4.19. The zero-order valence-electron chi connectivity index (χ0n) is 9.48.